The van der Waals surface area contributed by atoms with Crippen LogP contribution >= 0.6 is 11.6 Å². The van der Waals surface area contributed by atoms with Gasteiger partial charge in [0.1, 0.15) is 5.75 Å². The molecule has 2 aromatic rings. The Labute approximate surface area is 171 Å². The summed E-state index contributed by atoms with van der Waals surface area (Å²) >= 11 is 6.12. The van der Waals surface area contributed by atoms with Gasteiger partial charge in [-0.3, -0.25) is 4.79 Å². The van der Waals surface area contributed by atoms with E-state index in [1.807, 2.05) is 0 Å². The van der Waals surface area contributed by atoms with Gasteiger partial charge in [0.15, 0.2) is 18.1 Å². The average Bonchev–Trinajstić information content (AvgIpc) is 2.68. The standard InChI is InChI=1S/C20H19ClF3NO4/c1-27-17-10-14(9-16(21)19(17)28-2)5-8-18(26)25-11-13-3-6-15(7-4-13)29-12-20(22,23)24/h3-10H,11-12H2,1-2H3,(H,25,26)/b8-5+. The van der Waals surface area contributed by atoms with E-state index in [9.17, 15) is 18.0 Å². The molecular weight excluding hydrogens is 411 g/mol. The van der Waals surface area contributed by atoms with Gasteiger partial charge in [-0.25, -0.2) is 0 Å². The normalized spacial score (nSPS) is 11.4. The summed E-state index contributed by atoms with van der Waals surface area (Å²) in [5, 5.41) is 3.02. The molecule has 0 atom stereocenters. The molecular formula is C20H19ClF3NO4. The number of ether oxygens (including phenoxy) is 3. The van der Waals surface area contributed by atoms with Crippen molar-refractivity contribution < 1.29 is 32.2 Å². The molecule has 0 aliphatic carbocycles. The highest BCUT2D eigenvalue weighted by molar-refractivity contribution is 6.32. The molecule has 5 nitrogen and oxygen atoms in total. The number of carbonyl (C=O) groups excluding carboxylic acids is 1. The fourth-order valence-corrected chi connectivity index (χ4v) is 2.62. The number of carbonyl (C=O) groups is 1. The molecule has 0 saturated carbocycles. The summed E-state index contributed by atoms with van der Waals surface area (Å²) in [5.41, 5.74) is 1.36. The summed E-state index contributed by atoms with van der Waals surface area (Å²) in [6, 6.07) is 9.28. The maximum absolute atomic E-state index is 12.1. The molecule has 156 valence electrons. The minimum Gasteiger partial charge on any atom is -0.493 e. The van der Waals surface area contributed by atoms with Gasteiger partial charge >= 0.3 is 6.18 Å². The van der Waals surface area contributed by atoms with Crippen molar-refractivity contribution >= 4 is 23.6 Å². The lowest BCUT2D eigenvalue weighted by atomic mass is 10.2. The predicted octanol–water partition coefficient (Wildman–Crippen LogP) is 4.63. The zero-order chi connectivity index (χ0) is 21.4. The van der Waals surface area contributed by atoms with Gasteiger partial charge in [-0.2, -0.15) is 13.2 Å². The molecule has 9 heteroatoms. The first kappa shape index (κ1) is 22.4. The van der Waals surface area contributed by atoms with E-state index in [0.717, 1.165) is 0 Å². The minimum atomic E-state index is -4.39. The quantitative estimate of drug-likeness (QED) is 0.622. The Morgan fingerprint density at radius 1 is 1.14 bits per heavy atom. The number of nitrogens with one attached hydrogen (secondary N) is 1. The lowest BCUT2D eigenvalue weighted by molar-refractivity contribution is -0.153. The Kier molecular flexibility index (Phi) is 7.78. The number of rotatable bonds is 8. The third-order valence-electron chi connectivity index (χ3n) is 3.68. The number of hydrogen-bond acceptors (Lipinski definition) is 4. The second-order valence-corrected chi connectivity index (χ2v) is 6.24. The Balaban J connectivity index is 1.90. The number of halogens is 4. The fraction of sp³-hybridized carbons (Fsp3) is 0.250. The Bertz CT molecular complexity index is 867. The van der Waals surface area contributed by atoms with Crippen molar-refractivity contribution in [3.8, 4) is 17.2 Å². The van der Waals surface area contributed by atoms with Crippen molar-refractivity contribution in [3.63, 3.8) is 0 Å². The van der Waals surface area contributed by atoms with Crippen LogP contribution < -0.4 is 19.5 Å². The first-order chi connectivity index (χ1) is 13.7. The van der Waals surface area contributed by atoms with Crippen LogP contribution in [0.25, 0.3) is 6.08 Å². The van der Waals surface area contributed by atoms with Crippen molar-refractivity contribution in [1.82, 2.24) is 5.32 Å². The summed E-state index contributed by atoms with van der Waals surface area (Å²) in [5.74, 6) is 0.585. The topological polar surface area (TPSA) is 56.8 Å². The third-order valence-corrected chi connectivity index (χ3v) is 3.96. The SMILES string of the molecule is COc1cc(/C=C/C(=O)NCc2ccc(OCC(F)(F)F)cc2)cc(Cl)c1OC. The van der Waals surface area contributed by atoms with Gasteiger partial charge in [-0.15, -0.1) is 0 Å². The van der Waals surface area contributed by atoms with E-state index in [0.29, 0.717) is 27.6 Å². The number of amides is 1. The molecule has 0 spiro atoms. The van der Waals surface area contributed by atoms with Crippen LogP contribution in [0.15, 0.2) is 42.5 Å². The molecule has 2 rings (SSSR count). The van der Waals surface area contributed by atoms with Crippen LogP contribution in [-0.2, 0) is 11.3 Å². The zero-order valence-corrected chi connectivity index (χ0v) is 16.4. The van der Waals surface area contributed by atoms with Gasteiger partial charge in [-0.05, 0) is 41.5 Å². The van der Waals surface area contributed by atoms with Crippen molar-refractivity contribution in [2.24, 2.45) is 0 Å². The molecule has 0 radical (unpaired) electrons. The first-order valence-corrected chi connectivity index (χ1v) is 8.75. The number of methoxy groups -OCH3 is 2. The molecule has 0 aromatic heterocycles. The van der Waals surface area contributed by atoms with Crippen LogP contribution in [0.3, 0.4) is 0 Å². The molecule has 0 fully saturated rings. The maximum atomic E-state index is 12.1. The van der Waals surface area contributed by atoms with Crippen LogP contribution in [-0.4, -0.2) is 32.9 Å². The van der Waals surface area contributed by atoms with E-state index < -0.39 is 12.8 Å². The fourth-order valence-electron chi connectivity index (χ4n) is 2.32. The van der Waals surface area contributed by atoms with E-state index in [4.69, 9.17) is 21.1 Å². The zero-order valence-electron chi connectivity index (χ0n) is 15.7. The van der Waals surface area contributed by atoms with Gasteiger partial charge in [0.2, 0.25) is 5.91 Å². The van der Waals surface area contributed by atoms with E-state index in [2.05, 4.69) is 10.1 Å². The van der Waals surface area contributed by atoms with E-state index in [-0.39, 0.29) is 18.2 Å². The van der Waals surface area contributed by atoms with Crippen molar-refractivity contribution in [3.05, 3.63) is 58.6 Å². The lowest BCUT2D eigenvalue weighted by Crippen LogP contribution is -2.20. The predicted molar refractivity (Wildman–Crippen MR) is 103 cm³/mol. The van der Waals surface area contributed by atoms with Gasteiger partial charge in [-0.1, -0.05) is 23.7 Å². The molecule has 0 aliphatic rings. The molecule has 29 heavy (non-hydrogen) atoms. The third kappa shape index (κ3) is 7.23. The lowest BCUT2D eigenvalue weighted by Gasteiger charge is -2.10. The van der Waals surface area contributed by atoms with Gasteiger partial charge in [0.05, 0.1) is 19.2 Å². The maximum Gasteiger partial charge on any atom is 0.422 e. The largest absolute Gasteiger partial charge is 0.493 e. The van der Waals surface area contributed by atoms with E-state index in [1.54, 1.807) is 30.3 Å². The number of hydrogen-bond donors (Lipinski definition) is 1. The average molecular weight is 430 g/mol. The highest BCUT2D eigenvalue weighted by Gasteiger charge is 2.28. The minimum absolute atomic E-state index is 0.0997. The van der Waals surface area contributed by atoms with E-state index in [1.165, 1.54) is 32.4 Å². The van der Waals surface area contributed by atoms with Crippen LogP contribution in [0.4, 0.5) is 13.2 Å². The molecule has 0 bridgehead atoms. The van der Waals surface area contributed by atoms with E-state index >= 15 is 0 Å². The Hall–Kier alpha value is -2.87. The van der Waals surface area contributed by atoms with Gasteiger partial charge in [0, 0.05) is 12.6 Å². The highest BCUT2D eigenvalue weighted by Crippen LogP contribution is 2.36. The number of benzene rings is 2. The van der Waals surface area contributed by atoms with Crippen LogP contribution in [0, 0.1) is 0 Å². The highest BCUT2D eigenvalue weighted by atomic mass is 35.5. The van der Waals surface area contributed by atoms with Gasteiger partial charge < -0.3 is 19.5 Å². The van der Waals surface area contributed by atoms with Crippen LogP contribution in [0.1, 0.15) is 11.1 Å². The smallest absolute Gasteiger partial charge is 0.422 e. The molecule has 1 amide bonds. The van der Waals surface area contributed by atoms with Gasteiger partial charge in [0.25, 0.3) is 0 Å². The Morgan fingerprint density at radius 2 is 1.83 bits per heavy atom. The Morgan fingerprint density at radius 3 is 2.41 bits per heavy atom. The molecule has 0 heterocycles. The second-order valence-electron chi connectivity index (χ2n) is 5.84. The van der Waals surface area contributed by atoms with Crippen LogP contribution in [0.5, 0.6) is 17.2 Å². The van der Waals surface area contributed by atoms with Crippen molar-refractivity contribution in [2.75, 3.05) is 20.8 Å². The monoisotopic (exact) mass is 429 g/mol. The molecule has 1 N–H and O–H groups in total. The second kappa shape index (κ2) is 10.1. The van der Waals surface area contributed by atoms with Crippen molar-refractivity contribution in [2.45, 2.75) is 12.7 Å². The molecule has 0 saturated heterocycles. The molecule has 0 unspecified atom stereocenters. The molecule has 2 aromatic carbocycles. The summed E-state index contributed by atoms with van der Waals surface area (Å²) in [4.78, 5) is 12.0. The summed E-state index contributed by atoms with van der Waals surface area (Å²) in [7, 11) is 2.95. The first-order valence-electron chi connectivity index (χ1n) is 8.38. The van der Waals surface area contributed by atoms with Crippen LogP contribution in [0.2, 0.25) is 5.02 Å². The molecule has 0 aliphatic heterocycles. The summed E-state index contributed by atoms with van der Waals surface area (Å²) < 4.78 is 51.4. The summed E-state index contributed by atoms with van der Waals surface area (Å²) in [6.45, 7) is -1.15. The number of alkyl halides is 3. The summed E-state index contributed by atoms with van der Waals surface area (Å²) in [6.07, 6.45) is -1.49. The van der Waals surface area contributed by atoms with Crippen molar-refractivity contribution in [1.29, 1.82) is 0 Å².